The van der Waals surface area contributed by atoms with Crippen LogP contribution in [0, 0.1) is 0 Å². The molecule has 19 heavy (non-hydrogen) atoms. The zero-order chi connectivity index (χ0) is 13.9. The molecule has 0 saturated heterocycles. The van der Waals surface area contributed by atoms with E-state index in [1.165, 1.54) is 0 Å². The van der Waals surface area contributed by atoms with Gasteiger partial charge in [0.25, 0.3) is 0 Å². The second-order valence-corrected chi connectivity index (χ2v) is 5.52. The first-order chi connectivity index (χ1) is 8.94. The Hall–Kier alpha value is -0.850. The number of hydrogen-bond donors (Lipinski definition) is 1. The second-order valence-electron chi connectivity index (χ2n) is 4.71. The molecule has 3 nitrogen and oxygen atoms in total. The summed E-state index contributed by atoms with van der Waals surface area (Å²) < 4.78 is 36.6. The Bertz CT molecular complexity index is 433. The van der Waals surface area contributed by atoms with Crippen molar-refractivity contribution >= 4 is 21.7 Å². The summed E-state index contributed by atoms with van der Waals surface area (Å²) in [4.78, 5) is 8.66. The van der Waals surface area contributed by atoms with Crippen molar-refractivity contribution in [3.8, 4) is 0 Å². The molecular weight excluding hydrogens is 323 g/mol. The van der Waals surface area contributed by atoms with Gasteiger partial charge in [0.05, 0.1) is 0 Å². The van der Waals surface area contributed by atoms with Gasteiger partial charge in [-0.1, -0.05) is 0 Å². The van der Waals surface area contributed by atoms with Crippen LogP contribution in [0.5, 0.6) is 0 Å². The number of anilines is 1. The molecule has 0 atom stereocenters. The number of hydrogen-bond acceptors (Lipinski definition) is 3. The van der Waals surface area contributed by atoms with Crippen molar-refractivity contribution in [1.82, 2.24) is 9.97 Å². The maximum atomic E-state index is 12.0. The van der Waals surface area contributed by atoms with E-state index < -0.39 is 12.6 Å². The minimum Gasteiger partial charge on any atom is -0.370 e. The fourth-order valence-electron chi connectivity index (χ4n) is 1.72. The second kappa shape index (κ2) is 6.07. The van der Waals surface area contributed by atoms with Crippen LogP contribution in [0.3, 0.4) is 0 Å². The zero-order valence-electron chi connectivity index (χ0n) is 10.3. The van der Waals surface area contributed by atoms with E-state index in [2.05, 4.69) is 31.2 Å². The minimum absolute atomic E-state index is 0.137. The van der Waals surface area contributed by atoms with Crippen molar-refractivity contribution in [3.05, 3.63) is 16.5 Å². The van der Waals surface area contributed by atoms with Crippen LogP contribution < -0.4 is 5.32 Å². The molecule has 0 spiro atoms. The molecule has 0 aliphatic heterocycles. The normalized spacial score (nSPS) is 15.6. The molecule has 1 aromatic heterocycles. The summed E-state index contributed by atoms with van der Waals surface area (Å²) in [5.41, 5.74) is 0. The molecule has 7 heteroatoms. The SMILES string of the molecule is FC(F)(F)CCCCNc1cc(Br)nc(C2CC2)n1. The summed E-state index contributed by atoms with van der Waals surface area (Å²) in [6.45, 7) is 0.490. The van der Waals surface area contributed by atoms with Crippen molar-refractivity contribution in [1.29, 1.82) is 0 Å². The lowest BCUT2D eigenvalue weighted by Gasteiger charge is -2.08. The molecule has 0 unspecified atom stereocenters. The molecular formula is C12H15BrF3N3. The molecule has 1 aliphatic carbocycles. The van der Waals surface area contributed by atoms with Crippen LogP contribution in [0.25, 0.3) is 0 Å². The number of unbranched alkanes of at least 4 members (excludes halogenated alkanes) is 1. The molecule has 1 fully saturated rings. The predicted molar refractivity (Wildman–Crippen MR) is 70.1 cm³/mol. The molecule has 0 bridgehead atoms. The van der Waals surface area contributed by atoms with E-state index in [4.69, 9.17) is 0 Å². The van der Waals surface area contributed by atoms with E-state index >= 15 is 0 Å². The van der Waals surface area contributed by atoms with Gasteiger partial charge in [0.15, 0.2) is 0 Å². The highest BCUT2D eigenvalue weighted by molar-refractivity contribution is 9.10. The Labute approximate surface area is 118 Å². The monoisotopic (exact) mass is 337 g/mol. The fraction of sp³-hybridized carbons (Fsp3) is 0.667. The first kappa shape index (κ1) is 14.6. The molecule has 1 N–H and O–H groups in total. The molecule has 0 aromatic carbocycles. The third-order valence-corrected chi connectivity index (χ3v) is 3.25. The van der Waals surface area contributed by atoms with Crippen LogP contribution in [-0.2, 0) is 0 Å². The number of alkyl halides is 3. The predicted octanol–water partition coefficient (Wildman–Crippen LogP) is 4.26. The highest BCUT2D eigenvalue weighted by Crippen LogP contribution is 2.38. The largest absolute Gasteiger partial charge is 0.389 e. The third kappa shape index (κ3) is 5.34. The van der Waals surface area contributed by atoms with E-state index in [0.717, 1.165) is 18.7 Å². The molecule has 1 aromatic rings. The van der Waals surface area contributed by atoms with Crippen LogP contribution >= 0.6 is 15.9 Å². The van der Waals surface area contributed by atoms with Crippen LogP contribution in [0.4, 0.5) is 19.0 Å². The van der Waals surface area contributed by atoms with Crippen LogP contribution in [-0.4, -0.2) is 22.7 Å². The molecule has 2 rings (SSSR count). The maximum absolute atomic E-state index is 12.0. The first-order valence-corrected chi connectivity index (χ1v) is 7.08. The van der Waals surface area contributed by atoms with Gasteiger partial charge < -0.3 is 5.32 Å². The molecule has 1 saturated carbocycles. The van der Waals surface area contributed by atoms with Crippen LogP contribution in [0.1, 0.15) is 43.8 Å². The Balaban J connectivity index is 1.76. The van der Waals surface area contributed by atoms with Gasteiger partial charge in [-0.25, -0.2) is 9.97 Å². The highest BCUT2D eigenvalue weighted by Gasteiger charge is 2.27. The van der Waals surface area contributed by atoms with Crippen molar-refractivity contribution in [2.24, 2.45) is 0 Å². The van der Waals surface area contributed by atoms with Gasteiger partial charge in [-0.05, 0) is 41.6 Å². The number of halogens is 4. The first-order valence-electron chi connectivity index (χ1n) is 6.29. The van der Waals surface area contributed by atoms with Crippen molar-refractivity contribution in [2.45, 2.75) is 44.2 Å². The number of nitrogens with zero attached hydrogens (tertiary/aromatic N) is 2. The number of aromatic nitrogens is 2. The van der Waals surface area contributed by atoms with Gasteiger partial charge >= 0.3 is 6.18 Å². The van der Waals surface area contributed by atoms with E-state index in [0.29, 0.717) is 29.3 Å². The molecule has 0 amide bonds. The molecule has 106 valence electrons. The van der Waals surface area contributed by atoms with Crippen molar-refractivity contribution in [3.63, 3.8) is 0 Å². The average Bonchev–Trinajstić information content (AvgIpc) is 3.10. The lowest BCUT2D eigenvalue weighted by atomic mass is 10.2. The van der Waals surface area contributed by atoms with Crippen LogP contribution in [0.2, 0.25) is 0 Å². The average molecular weight is 338 g/mol. The third-order valence-electron chi connectivity index (χ3n) is 2.85. The Morgan fingerprint density at radius 1 is 1.26 bits per heavy atom. The van der Waals surface area contributed by atoms with Gasteiger partial charge in [0.2, 0.25) is 0 Å². The van der Waals surface area contributed by atoms with Crippen molar-refractivity contribution in [2.75, 3.05) is 11.9 Å². The summed E-state index contributed by atoms with van der Waals surface area (Å²) >= 11 is 3.32. The Morgan fingerprint density at radius 2 is 2.00 bits per heavy atom. The molecule has 0 radical (unpaired) electrons. The Kier molecular flexibility index (Phi) is 4.65. The molecule has 1 aliphatic rings. The van der Waals surface area contributed by atoms with Gasteiger partial charge in [0.1, 0.15) is 16.2 Å². The minimum atomic E-state index is -4.06. The quantitative estimate of drug-likeness (QED) is 0.622. The Morgan fingerprint density at radius 3 is 2.63 bits per heavy atom. The topological polar surface area (TPSA) is 37.8 Å². The molecule has 1 heterocycles. The van der Waals surface area contributed by atoms with Crippen molar-refractivity contribution < 1.29 is 13.2 Å². The lowest BCUT2D eigenvalue weighted by molar-refractivity contribution is -0.135. The fourth-order valence-corrected chi connectivity index (χ4v) is 2.12. The zero-order valence-corrected chi connectivity index (χ0v) is 11.9. The van der Waals surface area contributed by atoms with E-state index in [1.807, 2.05) is 0 Å². The van der Waals surface area contributed by atoms with E-state index in [1.54, 1.807) is 6.07 Å². The van der Waals surface area contributed by atoms with Gasteiger partial charge in [-0.15, -0.1) is 0 Å². The summed E-state index contributed by atoms with van der Waals surface area (Å²) in [5.74, 6) is 1.94. The maximum Gasteiger partial charge on any atom is 0.389 e. The number of nitrogens with one attached hydrogen (secondary N) is 1. The van der Waals surface area contributed by atoms with Crippen LogP contribution in [0.15, 0.2) is 10.7 Å². The smallest absolute Gasteiger partial charge is 0.370 e. The summed E-state index contributed by atoms with van der Waals surface area (Å²) in [7, 11) is 0. The number of rotatable bonds is 6. The standard InChI is InChI=1S/C12H15BrF3N3/c13-9-7-10(19-11(18-9)8-3-4-8)17-6-2-1-5-12(14,15)16/h7-8H,1-6H2,(H,17,18,19). The van der Waals surface area contributed by atoms with E-state index in [9.17, 15) is 13.2 Å². The highest BCUT2D eigenvalue weighted by atomic mass is 79.9. The summed E-state index contributed by atoms with van der Waals surface area (Å²) in [5, 5.41) is 3.05. The lowest BCUT2D eigenvalue weighted by Crippen LogP contribution is -2.09. The van der Waals surface area contributed by atoms with Gasteiger partial charge in [-0.2, -0.15) is 13.2 Å². The van der Waals surface area contributed by atoms with Gasteiger partial charge in [0, 0.05) is 24.9 Å². The summed E-state index contributed by atoms with van der Waals surface area (Å²) in [6.07, 6.45) is -1.95. The van der Waals surface area contributed by atoms with Gasteiger partial charge in [-0.3, -0.25) is 0 Å². The van der Waals surface area contributed by atoms with E-state index in [-0.39, 0.29) is 6.42 Å². The summed E-state index contributed by atoms with van der Waals surface area (Å²) in [6, 6.07) is 1.75.